The molecule has 8 amide bonds. The predicted octanol–water partition coefficient (Wildman–Crippen LogP) is 10.6. The standard InChI is InChI=1S/C74H98N8O13S/c1-47(2)60(81(15)67(87)61(71(4,5)6)79-66(86)62(82(16)70(90)95-73(10,11)12)74(13,14)51-31-21-18-22-32-51)43-48(3)63(83)80-96(91,92)52-40-38-50(39-41-52)45-76-64(84)58(37-27-28-42-75-68(88)94-72(7,8)9)77-65(85)59(44-49-29-19-17-20-30-49)78-69(89)93-46-57-55-35-25-23-33-53(55)54-34-24-26-36-56(54)57/h17-26,29-36,38-41,43,47,57-62H,27-28,37,42,44-46H2,1-16H3,(H,75,88)(H,76,84)(H,77,85)(H,78,89)(H,79,86)(H,80,83)/b48-43+/t58-,59-,60+,61+,62+/m0/s1. The lowest BCUT2D eigenvalue weighted by Crippen LogP contribution is -2.63. The van der Waals surface area contributed by atoms with E-state index in [9.17, 15) is 46.8 Å². The second-order valence-corrected chi connectivity index (χ2v) is 30.1. The Morgan fingerprint density at radius 2 is 1.14 bits per heavy atom. The lowest BCUT2D eigenvalue weighted by atomic mass is 9.76. The number of likely N-dealkylation sites (N-methyl/N-ethyl adjacent to an activating group) is 2. The third-order valence-electron chi connectivity index (χ3n) is 16.6. The van der Waals surface area contributed by atoms with Crippen molar-refractivity contribution < 1.29 is 61.0 Å². The summed E-state index contributed by atoms with van der Waals surface area (Å²) >= 11 is 0. The smallest absolute Gasteiger partial charge is 0.410 e. The Morgan fingerprint density at radius 1 is 0.583 bits per heavy atom. The number of nitrogens with one attached hydrogen (secondary N) is 6. The minimum atomic E-state index is -4.50. The number of amides is 8. The number of carbonyl (C=O) groups excluding carboxylic acids is 8. The van der Waals surface area contributed by atoms with E-state index in [0.717, 1.165) is 33.4 Å². The van der Waals surface area contributed by atoms with E-state index in [1.807, 2.05) is 137 Å². The van der Waals surface area contributed by atoms with Crippen LogP contribution in [0.15, 0.2) is 150 Å². The highest BCUT2D eigenvalue weighted by molar-refractivity contribution is 7.90. The van der Waals surface area contributed by atoms with Crippen molar-refractivity contribution >= 4 is 57.8 Å². The SMILES string of the molecule is C/C(=C\[C@H](C(C)C)N(C)C(=O)[C@@H](NC(=O)[C@@H](N(C)C(=O)OC(C)(C)C)C(C)(C)c1ccccc1)C(C)(C)C)C(=O)NS(=O)(=O)c1ccc(CNC(=O)[C@H](CCCCNC(=O)OC(C)(C)C)NC(=O)[C@H](Cc2ccccc2)NC(=O)OCC2c3ccccc3-c3ccccc32)cc1. The van der Waals surface area contributed by atoms with E-state index >= 15 is 0 Å². The Balaban J connectivity index is 1.13. The van der Waals surface area contributed by atoms with E-state index in [1.54, 1.807) is 69.4 Å². The minimum Gasteiger partial charge on any atom is -0.449 e. The first-order chi connectivity index (χ1) is 44.9. The molecule has 96 heavy (non-hydrogen) atoms. The Hall–Kier alpha value is -9.05. The van der Waals surface area contributed by atoms with Crippen LogP contribution >= 0.6 is 0 Å². The summed E-state index contributed by atoms with van der Waals surface area (Å²) < 4.78 is 46.8. The number of ether oxygens (including phenoxy) is 3. The molecular formula is C74H98N8O13S. The molecule has 0 fully saturated rings. The van der Waals surface area contributed by atoms with Crippen LogP contribution in [0.25, 0.3) is 11.1 Å². The molecule has 0 unspecified atom stereocenters. The van der Waals surface area contributed by atoms with E-state index in [1.165, 1.54) is 54.1 Å². The molecule has 5 atom stereocenters. The first-order valence-corrected chi connectivity index (χ1v) is 34.0. The second-order valence-electron chi connectivity index (χ2n) is 28.4. The molecule has 1 aliphatic carbocycles. The molecule has 22 heteroatoms. The highest BCUT2D eigenvalue weighted by Crippen LogP contribution is 2.44. The van der Waals surface area contributed by atoms with E-state index in [0.29, 0.717) is 18.4 Å². The van der Waals surface area contributed by atoms with Gasteiger partial charge in [0.1, 0.15) is 42.0 Å². The summed E-state index contributed by atoms with van der Waals surface area (Å²) in [4.78, 5) is 114. The molecule has 0 bridgehead atoms. The van der Waals surface area contributed by atoms with Crippen molar-refractivity contribution in [2.24, 2.45) is 11.3 Å². The molecule has 0 saturated heterocycles. The molecule has 0 saturated carbocycles. The van der Waals surface area contributed by atoms with Crippen LogP contribution in [0.5, 0.6) is 0 Å². The number of carbonyl (C=O) groups is 8. The first kappa shape index (κ1) is 76.0. The topological polar surface area (TPSA) is 277 Å². The molecule has 0 aromatic heterocycles. The average molecular weight is 1340 g/mol. The molecule has 0 aliphatic heterocycles. The van der Waals surface area contributed by atoms with Gasteiger partial charge in [-0.2, -0.15) is 0 Å². The molecule has 0 radical (unpaired) electrons. The number of rotatable bonds is 27. The number of nitrogens with zero attached hydrogens (tertiary/aromatic N) is 2. The summed E-state index contributed by atoms with van der Waals surface area (Å²) in [6.07, 6.45) is 0.287. The fourth-order valence-corrected chi connectivity index (χ4v) is 12.5. The van der Waals surface area contributed by atoms with Gasteiger partial charge in [-0.25, -0.2) is 27.5 Å². The van der Waals surface area contributed by atoms with Gasteiger partial charge in [0.2, 0.25) is 23.6 Å². The quantitative estimate of drug-likeness (QED) is 0.0162. The summed E-state index contributed by atoms with van der Waals surface area (Å²) in [6.45, 7) is 24.7. The maximum atomic E-state index is 14.8. The van der Waals surface area contributed by atoms with Crippen LogP contribution in [-0.4, -0.2) is 135 Å². The number of unbranched alkanes of at least 4 members (excludes halogenated alkanes) is 1. The van der Waals surface area contributed by atoms with Crippen LogP contribution in [0.2, 0.25) is 0 Å². The van der Waals surface area contributed by atoms with Gasteiger partial charge in [0.05, 0.1) is 10.9 Å². The van der Waals surface area contributed by atoms with Gasteiger partial charge in [-0.15, -0.1) is 0 Å². The Morgan fingerprint density at radius 3 is 1.69 bits per heavy atom. The van der Waals surface area contributed by atoms with E-state index < -0.39 is 110 Å². The summed E-state index contributed by atoms with van der Waals surface area (Å²) in [5.74, 6) is -3.86. The third kappa shape index (κ3) is 21.2. The van der Waals surface area contributed by atoms with Crippen molar-refractivity contribution in [1.29, 1.82) is 0 Å². The number of hydrogen-bond donors (Lipinski definition) is 6. The summed E-state index contributed by atoms with van der Waals surface area (Å²) in [5, 5.41) is 14.1. The largest absolute Gasteiger partial charge is 0.449 e. The van der Waals surface area contributed by atoms with Gasteiger partial charge in [0.25, 0.3) is 15.9 Å². The van der Waals surface area contributed by atoms with E-state index in [4.69, 9.17) is 14.2 Å². The van der Waals surface area contributed by atoms with Crippen molar-refractivity contribution in [2.45, 2.75) is 187 Å². The molecule has 518 valence electrons. The fraction of sp³-hybridized carbons (Fsp3) is 0.459. The lowest BCUT2D eigenvalue weighted by Gasteiger charge is -2.42. The average Bonchev–Trinajstić information content (AvgIpc) is 1.51. The summed E-state index contributed by atoms with van der Waals surface area (Å²) in [7, 11) is -1.47. The summed E-state index contributed by atoms with van der Waals surface area (Å²) in [5.41, 5.74) is 2.63. The lowest BCUT2D eigenvalue weighted by molar-refractivity contribution is -0.141. The van der Waals surface area contributed by atoms with Gasteiger partial charge in [-0.3, -0.25) is 28.9 Å². The molecule has 21 nitrogen and oxygen atoms in total. The molecular weight excluding hydrogens is 1240 g/mol. The van der Waals surface area contributed by atoms with Crippen LogP contribution in [0.4, 0.5) is 14.4 Å². The third-order valence-corrected chi connectivity index (χ3v) is 17.9. The van der Waals surface area contributed by atoms with E-state index in [-0.39, 0.29) is 54.8 Å². The zero-order valence-corrected chi connectivity index (χ0v) is 59.2. The number of hydrogen-bond acceptors (Lipinski definition) is 13. The maximum Gasteiger partial charge on any atom is 0.410 e. The van der Waals surface area contributed by atoms with Crippen molar-refractivity contribution in [1.82, 2.24) is 41.1 Å². The zero-order chi connectivity index (χ0) is 71.1. The van der Waals surface area contributed by atoms with E-state index in [2.05, 4.69) is 31.3 Å². The van der Waals surface area contributed by atoms with Gasteiger partial charge in [0.15, 0.2) is 0 Å². The van der Waals surface area contributed by atoms with Crippen LogP contribution in [0.3, 0.4) is 0 Å². The number of fused-ring (bicyclic) bond motifs is 3. The molecule has 5 aromatic carbocycles. The van der Waals surface area contributed by atoms with Gasteiger partial charge in [-0.05, 0) is 130 Å². The number of alkyl carbamates (subject to hydrolysis) is 2. The molecule has 6 N–H and O–H groups in total. The predicted molar refractivity (Wildman–Crippen MR) is 370 cm³/mol. The number of sulfonamides is 1. The van der Waals surface area contributed by atoms with Crippen LogP contribution in [0, 0.1) is 11.3 Å². The number of benzene rings is 5. The molecule has 5 aromatic rings. The highest BCUT2D eigenvalue weighted by atomic mass is 32.2. The monoisotopic (exact) mass is 1340 g/mol. The summed E-state index contributed by atoms with van der Waals surface area (Å²) in [6, 6.07) is 34.2. The van der Waals surface area contributed by atoms with Gasteiger partial charge in [-0.1, -0.05) is 176 Å². The van der Waals surface area contributed by atoms with Crippen molar-refractivity contribution in [3.05, 3.63) is 173 Å². The maximum absolute atomic E-state index is 14.8. The second kappa shape index (κ2) is 32.6. The Bertz CT molecular complexity index is 3640. The van der Waals surface area contributed by atoms with Crippen LogP contribution in [0.1, 0.15) is 150 Å². The first-order valence-electron chi connectivity index (χ1n) is 32.5. The zero-order valence-electron chi connectivity index (χ0n) is 58.4. The molecule has 6 rings (SSSR count). The fourth-order valence-electron chi connectivity index (χ4n) is 11.5. The Kier molecular flexibility index (Phi) is 25.8. The van der Waals surface area contributed by atoms with Gasteiger partial charge >= 0.3 is 18.3 Å². The minimum absolute atomic E-state index is 0.00374. The van der Waals surface area contributed by atoms with Gasteiger partial charge in [0, 0.05) is 50.5 Å². The molecule has 0 heterocycles. The van der Waals surface area contributed by atoms with Gasteiger partial charge < -0.3 is 45.7 Å². The Labute approximate surface area is 566 Å². The van der Waals surface area contributed by atoms with Crippen molar-refractivity contribution in [2.75, 3.05) is 27.2 Å². The van der Waals surface area contributed by atoms with Crippen molar-refractivity contribution in [3.8, 4) is 11.1 Å². The van der Waals surface area contributed by atoms with Crippen LogP contribution in [-0.2, 0) is 66.6 Å². The highest BCUT2D eigenvalue weighted by Gasteiger charge is 2.46. The molecule has 0 spiro atoms. The molecule has 1 aliphatic rings. The van der Waals surface area contributed by atoms with Crippen molar-refractivity contribution in [3.63, 3.8) is 0 Å². The van der Waals surface area contributed by atoms with Crippen LogP contribution < -0.4 is 31.3 Å². The normalized spacial score (nSPS) is 14.2.